The Morgan fingerprint density at radius 2 is 2.00 bits per heavy atom. The number of carbonyl (C=O) groups excluding carboxylic acids is 1. The van der Waals surface area contributed by atoms with Crippen LogP contribution < -0.4 is 5.32 Å². The fourth-order valence-electron chi connectivity index (χ4n) is 2.15. The Morgan fingerprint density at radius 1 is 1.39 bits per heavy atom. The van der Waals surface area contributed by atoms with E-state index in [1.54, 1.807) is 0 Å². The van der Waals surface area contributed by atoms with Crippen molar-refractivity contribution in [3.8, 4) is 0 Å². The molecule has 1 saturated carbocycles. The predicted octanol–water partition coefficient (Wildman–Crippen LogP) is 1.56. The molecule has 18 heavy (non-hydrogen) atoms. The van der Waals surface area contributed by atoms with Gasteiger partial charge in [0.1, 0.15) is 12.6 Å². The minimum atomic E-state index is -0.987. The molecule has 0 radical (unpaired) electrons. The summed E-state index contributed by atoms with van der Waals surface area (Å²) in [4.78, 5) is 22.7. The first-order chi connectivity index (χ1) is 8.54. The van der Waals surface area contributed by atoms with Crippen molar-refractivity contribution in [1.29, 1.82) is 0 Å². The highest BCUT2D eigenvalue weighted by molar-refractivity contribution is 5.84. The molecule has 5 nitrogen and oxygen atoms in total. The topological polar surface area (TPSA) is 75.6 Å². The smallest absolute Gasteiger partial charge is 0.326 e. The first kappa shape index (κ1) is 15.0. The third kappa shape index (κ3) is 4.64. The molecule has 1 rings (SSSR count). The van der Waals surface area contributed by atoms with Crippen LogP contribution in [0.25, 0.3) is 0 Å². The zero-order chi connectivity index (χ0) is 13.5. The van der Waals surface area contributed by atoms with Crippen molar-refractivity contribution in [3.05, 3.63) is 0 Å². The average molecular weight is 257 g/mol. The maximum atomic E-state index is 11.6. The molecule has 2 N–H and O–H groups in total. The maximum absolute atomic E-state index is 11.6. The van der Waals surface area contributed by atoms with Crippen LogP contribution in [0.3, 0.4) is 0 Å². The number of amides is 1. The number of rotatable bonds is 7. The molecule has 1 fully saturated rings. The number of hydrogen-bond donors (Lipinski definition) is 2. The van der Waals surface area contributed by atoms with Crippen molar-refractivity contribution < 1.29 is 19.4 Å². The van der Waals surface area contributed by atoms with Crippen LogP contribution in [0.4, 0.5) is 0 Å². The molecule has 5 heteroatoms. The largest absolute Gasteiger partial charge is 0.480 e. The first-order valence-electron chi connectivity index (χ1n) is 6.68. The number of nitrogens with one attached hydrogen (secondary N) is 1. The van der Waals surface area contributed by atoms with Crippen LogP contribution in [0, 0.1) is 5.92 Å². The second-order valence-electron chi connectivity index (χ2n) is 4.99. The highest BCUT2D eigenvalue weighted by Crippen LogP contribution is 2.20. The molecule has 0 bridgehead atoms. The van der Waals surface area contributed by atoms with Crippen LogP contribution in [0.15, 0.2) is 0 Å². The number of carboxylic acid groups (broad SMARTS) is 1. The Hall–Kier alpha value is -1.10. The van der Waals surface area contributed by atoms with Gasteiger partial charge in [0.25, 0.3) is 0 Å². The first-order valence-corrected chi connectivity index (χ1v) is 6.68. The van der Waals surface area contributed by atoms with Crippen LogP contribution >= 0.6 is 0 Å². The van der Waals surface area contributed by atoms with Gasteiger partial charge in [-0.2, -0.15) is 0 Å². The minimum Gasteiger partial charge on any atom is -0.480 e. The Morgan fingerprint density at radius 3 is 2.50 bits per heavy atom. The zero-order valence-corrected chi connectivity index (χ0v) is 11.1. The molecule has 1 aliphatic rings. The maximum Gasteiger partial charge on any atom is 0.326 e. The van der Waals surface area contributed by atoms with E-state index in [1.807, 2.05) is 13.8 Å². The molecule has 0 aromatic heterocycles. The van der Waals surface area contributed by atoms with Crippen LogP contribution in [-0.2, 0) is 14.3 Å². The Bertz CT molecular complexity index is 287. The number of aliphatic carboxylic acids is 1. The third-order valence-corrected chi connectivity index (χ3v) is 3.55. The van der Waals surface area contributed by atoms with E-state index >= 15 is 0 Å². The van der Waals surface area contributed by atoms with Crippen LogP contribution in [0.2, 0.25) is 0 Å². The molecule has 0 aromatic rings. The van der Waals surface area contributed by atoms with E-state index in [9.17, 15) is 9.59 Å². The molecule has 0 heterocycles. The van der Waals surface area contributed by atoms with Gasteiger partial charge < -0.3 is 15.2 Å². The Labute approximate surface area is 108 Å². The monoisotopic (exact) mass is 257 g/mol. The quantitative estimate of drug-likeness (QED) is 0.725. The molecule has 1 amide bonds. The lowest BCUT2D eigenvalue weighted by Crippen LogP contribution is -2.46. The van der Waals surface area contributed by atoms with Gasteiger partial charge in [0.15, 0.2) is 0 Å². The molecule has 0 saturated heterocycles. The van der Waals surface area contributed by atoms with E-state index < -0.39 is 12.0 Å². The molecule has 0 aromatic carbocycles. The minimum absolute atomic E-state index is 0.0368. The molecular weight excluding hydrogens is 234 g/mol. The highest BCUT2D eigenvalue weighted by Gasteiger charge is 2.25. The summed E-state index contributed by atoms with van der Waals surface area (Å²) in [5.74, 6) is -1.41. The predicted molar refractivity (Wildman–Crippen MR) is 67.2 cm³/mol. The summed E-state index contributed by atoms with van der Waals surface area (Å²) in [6, 6.07) is -0.824. The van der Waals surface area contributed by atoms with Crippen LogP contribution in [0.1, 0.15) is 46.0 Å². The summed E-state index contributed by atoms with van der Waals surface area (Å²) >= 11 is 0. The van der Waals surface area contributed by atoms with Crippen LogP contribution in [-0.4, -0.2) is 35.7 Å². The fraction of sp³-hybridized carbons (Fsp3) is 0.846. The summed E-state index contributed by atoms with van der Waals surface area (Å²) in [6.45, 7) is 3.68. The van der Waals surface area contributed by atoms with Gasteiger partial charge in [0.05, 0.1) is 6.10 Å². The number of carboxylic acids is 1. The van der Waals surface area contributed by atoms with Crippen molar-refractivity contribution in [3.63, 3.8) is 0 Å². The molecular formula is C13H23NO4. The average Bonchev–Trinajstić information content (AvgIpc) is 2.85. The van der Waals surface area contributed by atoms with Gasteiger partial charge in [-0.05, 0) is 18.8 Å². The molecule has 104 valence electrons. The van der Waals surface area contributed by atoms with E-state index in [0.717, 1.165) is 25.7 Å². The Kier molecular flexibility index (Phi) is 6.12. The van der Waals surface area contributed by atoms with Gasteiger partial charge in [-0.3, -0.25) is 4.79 Å². The van der Waals surface area contributed by atoms with E-state index in [-0.39, 0.29) is 24.5 Å². The van der Waals surface area contributed by atoms with Gasteiger partial charge in [-0.15, -0.1) is 0 Å². The number of carbonyl (C=O) groups is 2. The SMILES string of the molecule is CCC(C)C(NC(=O)COC1CCCC1)C(=O)O. The summed E-state index contributed by atoms with van der Waals surface area (Å²) in [5.41, 5.74) is 0. The Balaban J connectivity index is 2.33. The third-order valence-electron chi connectivity index (χ3n) is 3.55. The lowest BCUT2D eigenvalue weighted by Gasteiger charge is -2.20. The highest BCUT2D eigenvalue weighted by atomic mass is 16.5. The standard InChI is InChI=1S/C13H23NO4/c1-3-9(2)12(13(16)17)14-11(15)8-18-10-6-4-5-7-10/h9-10,12H,3-8H2,1-2H3,(H,14,15)(H,16,17). The molecule has 1 aliphatic carbocycles. The van der Waals surface area contributed by atoms with Crippen molar-refractivity contribution >= 4 is 11.9 Å². The van der Waals surface area contributed by atoms with E-state index in [1.165, 1.54) is 0 Å². The normalized spacial score (nSPS) is 19.4. The lowest BCUT2D eigenvalue weighted by molar-refractivity contribution is -0.144. The van der Waals surface area contributed by atoms with Crippen LogP contribution in [0.5, 0.6) is 0 Å². The van der Waals surface area contributed by atoms with Crippen molar-refractivity contribution in [2.75, 3.05) is 6.61 Å². The van der Waals surface area contributed by atoms with Gasteiger partial charge in [-0.25, -0.2) is 4.79 Å². The molecule has 0 aliphatic heterocycles. The fourth-order valence-corrected chi connectivity index (χ4v) is 2.15. The van der Waals surface area contributed by atoms with Gasteiger partial charge in [0.2, 0.25) is 5.91 Å². The summed E-state index contributed by atoms with van der Waals surface area (Å²) in [6.07, 6.45) is 5.18. The van der Waals surface area contributed by atoms with Gasteiger partial charge in [-0.1, -0.05) is 33.1 Å². The van der Waals surface area contributed by atoms with E-state index in [0.29, 0.717) is 6.42 Å². The van der Waals surface area contributed by atoms with Gasteiger partial charge in [0, 0.05) is 0 Å². The summed E-state index contributed by atoms with van der Waals surface area (Å²) in [5, 5.41) is 11.6. The van der Waals surface area contributed by atoms with Crippen molar-refractivity contribution in [1.82, 2.24) is 5.32 Å². The van der Waals surface area contributed by atoms with E-state index in [2.05, 4.69) is 5.32 Å². The molecule has 0 spiro atoms. The second-order valence-corrected chi connectivity index (χ2v) is 4.99. The molecule has 2 atom stereocenters. The summed E-state index contributed by atoms with van der Waals surface area (Å²) in [7, 11) is 0. The lowest BCUT2D eigenvalue weighted by atomic mass is 9.99. The zero-order valence-electron chi connectivity index (χ0n) is 11.1. The number of hydrogen-bond acceptors (Lipinski definition) is 3. The molecule has 2 unspecified atom stereocenters. The van der Waals surface area contributed by atoms with Crippen molar-refractivity contribution in [2.24, 2.45) is 5.92 Å². The summed E-state index contributed by atoms with van der Waals surface area (Å²) < 4.78 is 5.45. The van der Waals surface area contributed by atoms with Crippen molar-refractivity contribution in [2.45, 2.75) is 58.1 Å². The number of ether oxygens (including phenoxy) is 1. The second kappa shape index (κ2) is 7.36. The van der Waals surface area contributed by atoms with Gasteiger partial charge >= 0.3 is 5.97 Å². The van der Waals surface area contributed by atoms with E-state index in [4.69, 9.17) is 9.84 Å².